The first-order valence-electron chi connectivity index (χ1n) is 10.6. The van der Waals surface area contributed by atoms with Crippen molar-refractivity contribution in [1.29, 1.82) is 0 Å². The smallest absolute Gasteiger partial charge is 0.245 e. The van der Waals surface area contributed by atoms with Crippen LogP contribution in [0.15, 0.2) is 24.3 Å². The van der Waals surface area contributed by atoms with Gasteiger partial charge in [-0.3, -0.25) is 14.5 Å². The summed E-state index contributed by atoms with van der Waals surface area (Å²) in [6, 6.07) is 7.94. The minimum atomic E-state index is -0.243. The average molecular weight is 388 g/mol. The molecule has 3 rings (SSSR count). The van der Waals surface area contributed by atoms with Gasteiger partial charge in [-0.15, -0.1) is 0 Å². The highest BCUT2D eigenvalue weighted by atomic mass is 16.5. The van der Waals surface area contributed by atoms with E-state index in [1.165, 1.54) is 5.56 Å². The van der Waals surface area contributed by atoms with Gasteiger partial charge in [0.1, 0.15) is 11.8 Å². The molecule has 0 bridgehead atoms. The van der Waals surface area contributed by atoms with E-state index in [0.717, 1.165) is 70.7 Å². The van der Waals surface area contributed by atoms with Gasteiger partial charge in [-0.2, -0.15) is 0 Å². The molecule has 0 saturated carbocycles. The van der Waals surface area contributed by atoms with Gasteiger partial charge in [0.15, 0.2) is 0 Å². The van der Waals surface area contributed by atoms with E-state index < -0.39 is 0 Å². The fourth-order valence-corrected chi connectivity index (χ4v) is 4.23. The maximum atomic E-state index is 13.1. The molecule has 6 nitrogen and oxygen atoms in total. The van der Waals surface area contributed by atoms with Crippen molar-refractivity contribution in [1.82, 2.24) is 14.7 Å². The van der Waals surface area contributed by atoms with E-state index in [1.54, 1.807) is 7.11 Å². The molecule has 0 aliphatic carbocycles. The molecule has 2 aliphatic heterocycles. The second kappa shape index (κ2) is 9.92. The standard InChI is InChI=1S/C22H33N3O3/c1-3-6-21(26)25-14-4-7-20(25)22(27)24-13-5-12-23(15-16-24)17-18-8-10-19(28-2)11-9-18/h8-11,20H,3-7,12-17H2,1-2H3. The predicted octanol–water partition coefficient (Wildman–Crippen LogP) is 2.52. The van der Waals surface area contributed by atoms with Gasteiger partial charge in [0.2, 0.25) is 11.8 Å². The van der Waals surface area contributed by atoms with Gasteiger partial charge < -0.3 is 14.5 Å². The molecule has 1 unspecified atom stereocenters. The van der Waals surface area contributed by atoms with Crippen LogP contribution in [0.4, 0.5) is 0 Å². The fraction of sp³-hybridized carbons (Fsp3) is 0.636. The highest BCUT2D eigenvalue weighted by Crippen LogP contribution is 2.22. The van der Waals surface area contributed by atoms with Crippen molar-refractivity contribution in [2.75, 3.05) is 39.8 Å². The minimum absolute atomic E-state index is 0.134. The van der Waals surface area contributed by atoms with Crippen molar-refractivity contribution in [3.8, 4) is 5.75 Å². The molecular formula is C22H33N3O3. The SMILES string of the molecule is CCCC(=O)N1CCCC1C(=O)N1CCCN(Cc2ccc(OC)cc2)CC1. The van der Waals surface area contributed by atoms with Crippen LogP contribution in [0.5, 0.6) is 5.75 Å². The number of hydrogen-bond donors (Lipinski definition) is 0. The number of amides is 2. The van der Waals surface area contributed by atoms with E-state index in [1.807, 2.05) is 28.9 Å². The summed E-state index contributed by atoms with van der Waals surface area (Å²) < 4.78 is 5.22. The lowest BCUT2D eigenvalue weighted by Crippen LogP contribution is -2.48. The summed E-state index contributed by atoms with van der Waals surface area (Å²) in [6.45, 7) is 7.00. The first kappa shape index (κ1) is 20.6. The van der Waals surface area contributed by atoms with Crippen LogP contribution in [-0.2, 0) is 16.1 Å². The number of rotatable bonds is 6. The Morgan fingerprint density at radius 3 is 2.54 bits per heavy atom. The van der Waals surface area contributed by atoms with Crippen LogP contribution in [0.3, 0.4) is 0 Å². The first-order valence-corrected chi connectivity index (χ1v) is 10.6. The molecule has 28 heavy (non-hydrogen) atoms. The molecule has 0 aromatic heterocycles. The van der Waals surface area contributed by atoms with Gasteiger partial charge in [0.05, 0.1) is 7.11 Å². The quantitative estimate of drug-likeness (QED) is 0.753. The molecular weight excluding hydrogens is 354 g/mol. The summed E-state index contributed by atoms with van der Waals surface area (Å²) in [7, 11) is 1.68. The lowest BCUT2D eigenvalue weighted by atomic mass is 10.1. The van der Waals surface area contributed by atoms with E-state index >= 15 is 0 Å². The number of nitrogens with zero attached hydrogens (tertiary/aromatic N) is 3. The lowest BCUT2D eigenvalue weighted by molar-refractivity contribution is -0.143. The minimum Gasteiger partial charge on any atom is -0.497 e. The molecule has 2 heterocycles. The Bertz CT molecular complexity index is 661. The zero-order valence-electron chi connectivity index (χ0n) is 17.2. The summed E-state index contributed by atoms with van der Waals surface area (Å²) >= 11 is 0. The summed E-state index contributed by atoms with van der Waals surface area (Å²) in [5.74, 6) is 1.15. The van der Waals surface area contributed by atoms with Crippen molar-refractivity contribution in [3.63, 3.8) is 0 Å². The maximum Gasteiger partial charge on any atom is 0.245 e. The predicted molar refractivity (Wildman–Crippen MR) is 109 cm³/mol. The van der Waals surface area contributed by atoms with Crippen LogP contribution in [0.1, 0.15) is 44.6 Å². The molecule has 154 valence electrons. The van der Waals surface area contributed by atoms with Gasteiger partial charge in [0.25, 0.3) is 0 Å². The maximum absolute atomic E-state index is 13.1. The van der Waals surface area contributed by atoms with Gasteiger partial charge >= 0.3 is 0 Å². The summed E-state index contributed by atoms with van der Waals surface area (Å²) in [5.41, 5.74) is 1.26. The largest absolute Gasteiger partial charge is 0.497 e. The van der Waals surface area contributed by atoms with E-state index in [0.29, 0.717) is 6.42 Å². The first-order chi connectivity index (χ1) is 13.6. The number of benzene rings is 1. The Hall–Kier alpha value is -2.08. The zero-order chi connectivity index (χ0) is 19.9. The Morgan fingerprint density at radius 2 is 1.82 bits per heavy atom. The Morgan fingerprint density at radius 1 is 1.04 bits per heavy atom. The van der Waals surface area contributed by atoms with Crippen LogP contribution >= 0.6 is 0 Å². The monoisotopic (exact) mass is 387 g/mol. The molecule has 0 spiro atoms. The molecule has 1 aromatic rings. The topological polar surface area (TPSA) is 53.1 Å². The van der Waals surface area contributed by atoms with Crippen LogP contribution in [0.25, 0.3) is 0 Å². The number of carbonyl (C=O) groups is 2. The Kier molecular flexibility index (Phi) is 7.31. The molecule has 1 aromatic carbocycles. The van der Waals surface area contributed by atoms with Crippen LogP contribution < -0.4 is 4.74 Å². The van der Waals surface area contributed by atoms with E-state index in [4.69, 9.17) is 4.74 Å². The molecule has 2 aliphatic rings. The van der Waals surface area contributed by atoms with Crippen molar-refractivity contribution in [3.05, 3.63) is 29.8 Å². The van der Waals surface area contributed by atoms with Gasteiger partial charge in [-0.25, -0.2) is 0 Å². The molecule has 2 saturated heterocycles. The second-order valence-corrected chi connectivity index (χ2v) is 7.80. The van der Waals surface area contributed by atoms with E-state index in [-0.39, 0.29) is 17.9 Å². The Balaban J connectivity index is 1.55. The third-order valence-corrected chi connectivity index (χ3v) is 5.79. The molecule has 0 radical (unpaired) electrons. The lowest BCUT2D eigenvalue weighted by Gasteiger charge is -2.29. The van der Waals surface area contributed by atoms with Crippen LogP contribution in [-0.4, -0.2) is 72.4 Å². The average Bonchev–Trinajstić information content (AvgIpc) is 3.09. The van der Waals surface area contributed by atoms with Gasteiger partial charge in [-0.05, 0) is 43.4 Å². The fourth-order valence-electron chi connectivity index (χ4n) is 4.23. The van der Waals surface area contributed by atoms with Crippen molar-refractivity contribution in [2.24, 2.45) is 0 Å². The second-order valence-electron chi connectivity index (χ2n) is 7.80. The number of carbonyl (C=O) groups excluding carboxylic acids is 2. The zero-order valence-corrected chi connectivity index (χ0v) is 17.2. The Labute approximate surface area is 168 Å². The normalized spacial score (nSPS) is 20.9. The summed E-state index contributed by atoms with van der Waals surface area (Å²) in [5, 5.41) is 0. The van der Waals surface area contributed by atoms with Crippen LogP contribution in [0, 0.1) is 0 Å². The summed E-state index contributed by atoms with van der Waals surface area (Å²) in [6.07, 6.45) is 4.08. The van der Waals surface area contributed by atoms with E-state index in [2.05, 4.69) is 17.0 Å². The number of methoxy groups -OCH3 is 1. The highest BCUT2D eigenvalue weighted by Gasteiger charge is 2.36. The molecule has 1 atom stereocenters. The third kappa shape index (κ3) is 5.04. The number of hydrogen-bond acceptors (Lipinski definition) is 4. The van der Waals surface area contributed by atoms with Gasteiger partial charge in [-0.1, -0.05) is 19.1 Å². The molecule has 0 N–H and O–H groups in total. The number of ether oxygens (including phenoxy) is 1. The molecule has 2 amide bonds. The van der Waals surface area contributed by atoms with Crippen molar-refractivity contribution >= 4 is 11.8 Å². The molecule has 6 heteroatoms. The third-order valence-electron chi connectivity index (χ3n) is 5.79. The summed E-state index contributed by atoms with van der Waals surface area (Å²) in [4.78, 5) is 31.7. The van der Waals surface area contributed by atoms with E-state index in [9.17, 15) is 9.59 Å². The van der Waals surface area contributed by atoms with Crippen LogP contribution in [0.2, 0.25) is 0 Å². The molecule has 2 fully saturated rings. The number of likely N-dealkylation sites (tertiary alicyclic amines) is 1. The van der Waals surface area contributed by atoms with Gasteiger partial charge in [0, 0.05) is 45.7 Å². The highest BCUT2D eigenvalue weighted by molar-refractivity contribution is 5.88. The van der Waals surface area contributed by atoms with Crippen molar-refractivity contribution < 1.29 is 14.3 Å². The van der Waals surface area contributed by atoms with Crippen molar-refractivity contribution in [2.45, 2.75) is 51.6 Å².